The Bertz CT molecular complexity index is 569. The highest BCUT2D eigenvalue weighted by Gasteiger charge is 2.09. The summed E-state index contributed by atoms with van der Waals surface area (Å²) in [6.07, 6.45) is 1.98. The van der Waals surface area contributed by atoms with Crippen LogP contribution in [0, 0.1) is 0 Å². The Balaban J connectivity index is 1.96. The minimum absolute atomic E-state index is 0.263. The minimum Gasteiger partial charge on any atom is -0.497 e. The minimum atomic E-state index is 0.263. The van der Waals surface area contributed by atoms with E-state index in [1.54, 1.807) is 7.11 Å². The van der Waals surface area contributed by atoms with Crippen LogP contribution in [0.25, 0.3) is 0 Å². The highest BCUT2D eigenvalue weighted by Crippen LogP contribution is 2.32. The van der Waals surface area contributed by atoms with Gasteiger partial charge in [0.05, 0.1) is 17.2 Å². The molecule has 0 bridgehead atoms. The Hall–Kier alpha value is -0.700. The van der Waals surface area contributed by atoms with Gasteiger partial charge in [-0.05, 0) is 48.2 Å². The molecule has 0 saturated heterocycles. The van der Waals surface area contributed by atoms with Gasteiger partial charge in [0, 0.05) is 4.83 Å². The largest absolute Gasteiger partial charge is 0.497 e. The number of benzene rings is 2. The van der Waals surface area contributed by atoms with E-state index in [2.05, 4.69) is 28.1 Å². The molecule has 4 heteroatoms. The van der Waals surface area contributed by atoms with Crippen molar-refractivity contribution in [3.8, 4) is 5.75 Å². The van der Waals surface area contributed by atoms with Crippen LogP contribution in [0.1, 0.15) is 22.4 Å². The van der Waals surface area contributed by atoms with Gasteiger partial charge >= 0.3 is 0 Å². The fourth-order valence-corrected chi connectivity index (χ4v) is 2.78. The smallest absolute Gasteiger partial charge is 0.118 e. The van der Waals surface area contributed by atoms with Crippen molar-refractivity contribution in [2.45, 2.75) is 17.7 Å². The van der Waals surface area contributed by atoms with Crippen LogP contribution in [0.2, 0.25) is 10.0 Å². The van der Waals surface area contributed by atoms with Crippen molar-refractivity contribution in [3.63, 3.8) is 0 Å². The van der Waals surface area contributed by atoms with E-state index in [1.165, 1.54) is 5.56 Å². The summed E-state index contributed by atoms with van der Waals surface area (Å²) in [7, 11) is 1.67. The van der Waals surface area contributed by atoms with Crippen LogP contribution in [0.15, 0.2) is 42.5 Å². The van der Waals surface area contributed by atoms with Crippen LogP contribution in [0.4, 0.5) is 0 Å². The van der Waals surface area contributed by atoms with Gasteiger partial charge in [-0.1, -0.05) is 57.3 Å². The van der Waals surface area contributed by atoms with Crippen molar-refractivity contribution in [3.05, 3.63) is 63.6 Å². The Morgan fingerprint density at radius 2 is 1.75 bits per heavy atom. The van der Waals surface area contributed by atoms with E-state index in [4.69, 9.17) is 27.9 Å². The average molecular weight is 374 g/mol. The van der Waals surface area contributed by atoms with Crippen molar-refractivity contribution >= 4 is 39.1 Å². The molecular weight excluding hydrogens is 359 g/mol. The maximum absolute atomic E-state index is 6.04. The second-order valence-electron chi connectivity index (χ2n) is 4.53. The van der Waals surface area contributed by atoms with Gasteiger partial charge in [0.1, 0.15) is 5.75 Å². The first-order chi connectivity index (χ1) is 9.60. The lowest BCUT2D eigenvalue weighted by molar-refractivity contribution is 0.414. The summed E-state index contributed by atoms with van der Waals surface area (Å²) in [5.41, 5.74) is 2.43. The summed E-state index contributed by atoms with van der Waals surface area (Å²) >= 11 is 15.7. The Morgan fingerprint density at radius 1 is 1.05 bits per heavy atom. The van der Waals surface area contributed by atoms with Gasteiger partial charge < -0.3 is 4.74 Å². The summed E-state index contributed by atoms with van der Waals surface area (Å²) in [5, 5.41) is 1.18. The average Bonchev–Trinajstić information content (AvgIpc) is 2.48. The van der Waals surface area contributed by atoms with Crippen molar-refractivity contribution in [1.82, 2.24) is 0 Å². The lowest BCUT2D eigenvalue weighted by Gasteiger charge is -2.11. The topological polar surface area (TPSA) is 9.23 Å². The zero-order valence-electron chi connectivity index (χ0n) is 11.1. The molecule has 1 nitrogen and oxygen atoms in total. The molecule has 0 heterocycles. The molecular formula is C16H15BrCl2O. The molecule has 0 spiro atoms. The van der Waals surface area contributed by atoms with E-state index < -0.39 is 0 Å². The molecule has 0 amide bonds. The first kappa shape index (κ1) is 15.7. The van der Waals surface area contributed by atoms with E-state index in [-0.39, 0.29) is 4.83 Å². The van der Waals surface area contributed by atoms with Gasteiger partial charge in [0.15, 0.2) is 0 Å². The first-order valence-corrected chi connectivity index (χ1v) is 7.99. The molecule has 0 aliphatic carbocycles. The lowest BCUT2D eigenvalue weighted by Crippen LogP contribution is -1.94. The van der Waals surface area contributed by atoms with Gasteiger partial charge in [0.2, 0.25) is 0 Å². The first-order valence-electron chi connectivity index (χ1n) is 6.32. The van der Waals surface area contributed by atoms with Crippen LogP contribution >= 0.6 is 39.1 Å². The molecule has 0 fully saturated rings. The molecule has 2 aromatic rings. The fraction of sp³-hybridized carbons (Fsp3) is 0.250. The zero-order valence-corrected chi connectivity index (χ0v) is 14.2. The lowest BCUT2D eigenvalue weighted by atomic mass is 10.0. The molecule has 0 aliphatic rings. The van der Waals surface area contributed by atoms with Crippen LogP contribution in [-0.4, -0.2) is 7.11 Å². The number of aryl methyl sites for hydroxylation is 1. The predicted molar refractivity (Wildman–Crippen MR) is 89.4 cm³/mol. The Labute approximate surface area is 138 Å². The number of ether oxygens (including phenoxy) is 1. The zero-order chi connectivity index (χ0) is 14.5. The molecule has 0 aromatic heterocycles. The number of alkyl halides is 1. The third-order valence-corrected chi connectivity index (χ3v) is 4.88. The SMILES string of the molecule is COc1ccc(CCC(Br)c2ccc(Cl)c(Cl)c2)cc1. The second kappa shape index (κ2) is 7.35. The van der Waals surface area contributed by atoms with Crippen molar-refractivity contribution < 1.29 is 4.74 Å². The summed E-state index contributed by atoms with van der Waals surface area (Å²) in [6, 6.07) is 13.9. The maximum atomic E-state index is 6.04. The molecule has 0 radical (unpaired) electrons. The van der Waals surface area contributed by atoms with E-state index >= 15 is 0 Å². The number of rotatable bonds is 5. The van der Waals surface area contributed by atoms with Crippen LogP contribution in [0.5, 0.6) is 5.75 Å². The van der Waals surface area contributed by atoms with E-state index in [0.717, 1.165) is 24.2 Å². The number of hydrogen-bond acceptors (Lipinski definition) is 1. The quantitative estimate of drug-likeness (QED) is 0.577. The molecule has 2 aromatic carbocycles. The molecule has 106 valence electrons. The third-order valence-electron chi connectivity index (χ3n) is 3.15. The summed E-state index contributed by atoms with van der Waals surface area (Å²) in [5.74, 6) is 0.883. The summed E-state index contributed by atoms with van der Waals surface area (Å²) in [4.78, 5) is 0.263. The fourth-order valence-electron chi connectivity index (χ4n) is 1.96. The van der Waals surface area contributed by atoms with Crippen molar-refractivity contribution in [2.75, 3.05) is 7.11 Å². The van der Waals surface area contributed by atoms with Crippen LogP contribution < -0.4 is 4.74 Å². The van der Waals surface area contributed by atoms with Gasteiger partial charge in [-0.25, -0.2) is 0 Å². The predicted octanol–water partition coefficient (Wildman–Crippen LogP) is 6.07. The van der Waals surface area contributed by atoms with Gasteiger partial charge in [-0.15, -0.1) is 0 Å². The number of methoxy groups -OCH3 is 1. The van der Waals surface area contributed by atoms with E-state index in [9.17, 15) is 0 Å². The highest BCUT2D eigenvalue weighted by molar-refractivity contribution is 9.09. The molecule has 1 unspecified atom stereocenters. The molecule has 20 heavy (non-hydrogen) atoms. The Morgan fingerprint density at radius 3 is 2.35 bits per heavy atom. The van der Waals surface area contributed by atoms with Crippen LogP contribution in [0.3, 0.4) is 0 Å². The van der Waals surface area contributed by atoms with Crippen molar-refractivity contribution in [2.24, 2.45) is 0 Å². The van der Waals surface area contributed by atoms with E-state index in [0.29, 0.717) is 10.0 Å². The molecule has 1 atom stereocenters. The number of hydrogen-bond donors (Lipinski definition) is 0. The summed E-state index contributed by atoms with van der Waals surface area (Å²) in [6.45, 7) is 0. The van der Waals surface area contributed by atoms with Crippen LogP contribution in [-0.2, 0) is 6.42 Å². The monoisotopic (exact) mass is 372 g/mol. The third kappa shape index (κ3) is 4.15. The molecule has 0 saturated carbocycles. The van der Waals surface area contributed by atoms with Gasteiger partial charge in [-0.2, -0.15) is 0 Å². The maximum Gasteiger partial charge on any atom is 0.118 e. The molecule has 0 aliphatic heterocycles. The summed E-state index contributed by atoms with van der Waals surface area (Å²) < 4.78 is 5.15. The van der Waals surface area contributed by atoms with E-state index in [1.807, 2.05) is 30.3 Å². The van der Waals surface area contributed by atoms with Gasteiger partial charge in [-0.3, -0.25) is 0 Å². The normalized spacial score (nSPS) is 12.2. The standard InChI is InChI=1S/C16H15BrCl2O/c1-20-13-6-2-11(3-7-13)4-8-14(17)12-5-9-15(18)16(19)10-12/h2-3,5-7,9-10,14H,4,8H2,1H3. The highest BCUT2D eigenvalue weighted by atomic mass is 79.9. The second-order valence-corrected chi connectivity index (χ2v) is 6.45. The molecule has 2 rings (SSSR count). The number of halogens is 3. The van der Waals surface area contributed by atoms with Crippen molar-refractivity contribution in [1.29, 1.82) is 0 Å². The van der Waals surface area contributed by atoms with Gasteiger partial charge in [0.25, 0.3) is 0 Å². The Kier molecular flexibility index (Phi) is 5.76. The molecule has 0 N–H and O–H groups in total.